The fourth-order valence-corrected chi connectivity index (χ4v) is 10.9. The van der Waals surface area contributed by atoms with Crippen molar-refractivity contribution in [3.63, 3.8) is 0 Å². The molecule has 0 aliphatic rings. The zero-order valence-electron chi connectivity index (χ0n) is 25.1. The number of hydrogen-bond donors (Lipinski definition) is 0. The van der Waals surface area contributed by atoms with E-state index in [9.17, 15) is 0 Å². The van der Waals surface area contributed by atoms with Crippen LogP contribution in [0.15, 0.2) is 144 Å². The fraction of sp³-hybridized carbons (Fsp3) is 0.0789. The standard InChI is InChI=1S/C38H32N3O3P/c1-42-29-22-18-27(19-23-29)35-34(39-36(38-37(35)40-44-41-38)28-20-24-30(43-2)25-21-28)26-45(31-12-6-3-7-13-31,32-14-8-4-9-15-32)33-16-10-5-11-17-33/h3-25,45H,26H2,1-2H3. The van der Waals surface area contributed by atoms with Gasteiger partial charge in [0.15, 0.2) is 0 Å². The van der Waals surface area contributed by atoms with Crippen LogP contribution in [-0.4, -0.2) is 29.5 Å². The van der Waals surface area contributed by atoms with E-state index in [4.69, 9.17) is 19.1 Å². The van der Waals surface area contributed by atoms with E-state index in [0.717, 1.165) is 39.6 Å². The van der Waals surface area contributed by atoms with Gasteiger partial charge >= 0.3 is 263 Å². The molecule has 0 amide bonds. The van der Waals surface area contributed by atoms with Crippen molar-refractivity contribution < 1.29 is 14.1 Å². The summed E-state index contributed by atoms with van der Waals surface area (Å²) in [5.74, 6) is 1.55. The number of benzene rings is 5. The molecule has 222 valence electrons. The molecule has 0 spiro atoms. The van der Waals surface area contributed by atoms with Gasteiger partial charge in [-0.05, 0) is 0 Å². The van der Waals surface area contributed by atoms with Crippen LogP contribution in [0.4, 0.5) is 0 Å². The van der Waals surface area contributed by atoms with Gasteiger partial charge in [-0.25, -0.2) is 0 Å². The molecule has 7 heteroatoms. The number of nitrogens with zero attached hydrogens (tertiary/aromatic N) is 3. The van der Waals surface area contributed by atoms with Gasteiger partial charge in [0.2, 0.25) is 0 Å². The molecular formula is C38H32N3O3P. The second kappa shape index (κ2) is 12.4. The second-order valence-electron chi connectivity index (χ2n) is 10.9. The fourth-order valence-electron chi connectivity index (χ4n) is 6.25. The monoisotopic (exact) mass is 609 g/mol. The maximum atomic E-state index is 5.49. The van der Waals surface area contributed by atoms with Gasteiger partial charge in [0.05, 0.1) is 0 Å². The molecule has 0 aliphatic carbocycles. The summed E-state index contributed by atoms with van der Waals surface area (Å²) in [5.41, 5.74) is 5.72. The minimum atomic E-state index is -2.74. The molecule has 2 aromatic heterocycles. The Hall–Kier alpha value is -5.32. The molecule has 0 saturated heterocycles. The molecule has 0 N–H and O–H groups in total. The van der Waals surface area contributed by atoms with E-state index in [0.29, 0.717) is 17.2 Å². The predicted molar refractivity (Wildman–Crippen MR) is 184 cm³/mol. The van der Waals surface area contributed by atoms with E-state index in [2.05, 4.69) is 113 Å². The molecule has 0 unspecified atom stereocenters. The van der Waals surface area contributed by atoms with E-state index in [1.807, 2.05) is 36.4 Å². The van der Waals surface area contributed by atoms with Crippen LogP contribution in [0.3, 0.4) is 0 Å². The van der Waals surface area contributed by atoms with E-state index in [1.54, 1.807) is 14.2 Å². The first-order valence-electron chi connectivity index (χ1n) is 14.8. The molecule has 0 bridgehead atoms. The molecule has 0 radical (unpaired) electrons. The summed E-state index contributed by atoms with van der Waals surface area (Å²) in [7, 11) is 0.596. The van der Waals surface area contributed by atoms with Crippen LogP contribution in [0.25, 0.3) is 33.4 Å². The minimum absolute atomic E-state index is 0.612. The summed E-state index contributed by atoms with van der Waals surface area (Å²) in [6, 6.07) is 48.5. The summed E-state index contributed by atoms with van der Waals surface area (Å²) >= 11 is 0. The van der Waals surface area contributed by atoms with Crippen molar-refractivity contribution in [2.24, 2.45) is 0 Å². The first-order chi connectivity index (χ1) is 22.2. The Morgan fingerprint density at radius 2 is 0.978 bits per heavy atom. The van der Waals surface area contributed by atoms with Crippen molar-refractivity contribution in [3.8, 4) is 33.9 Å². The Balaban J connectivity index is 1.55. The van der Waals surface area contributed by atoms with Crippen molar-refractivity contribution in [1.29, 1.82) is 0 Å². The Morgan fingerprint density at radius 1 is 0.533 bits per heavy atom. The van der Waals surface area contributed by atoms with Gasteiger partial charge in [-0.3, -0.25) is 0 Å². The molecule has 2 heterocycles. The molecular weight excluding hydrogens is 577 g/mol. The third kappa shape index (κ3) is 5.24. The molecule has 7 rings (SSSR count). The summed E-state index contributed by atoms with van der Waals surface area (Å²) in [4.78, 5) is 5.48. The summed E-state index contributed by atoms with van der Waals surface area (Å²) in [6.45, 7) is 0. The van der Waals surface area contributed by atoms with E-state index < -0.39 is 7.26 Å². The van der Waals surface area contributed by atoms with Crippen LogP contribution >= 0.6 is 7.26 Å². The normalized spacial score (nSPS) is 11.8. The van der Waals surface area contributed by atoms with Gasteiger partial charge in [0, 0.05) is 0 Å². The number of pyridine rings is 1. The summed E-state index contributed by atoms with van der Waals surface area (Å²) in [6.07, 6.45) is 0.679. The van der Waals surface area contributed by atoms with Gasteiger partial charge in [0.1, 0.15) is 0 Å². The molecule has 5 aromatic carbocycles. The van der Waals surface area contributed by atoms with Gasteiger partial charge in [-0.1, -0.05) is 0 Å². The predicted octanol–water partition coefficient (Wildman–Crippen LogP) is 7.20. The average molecular weight is 610 g/mol. The SMILES string of the molecule is COc1ccc(-c2nc(C[PH](c3ccccc3)(c3ccccc3)c3ccccc3)c(-c3ccc(OC)cc3)c3nonc23)cc1. The molecule has 0 aliphatic heterocycles. The molecule has 0 fully saturated rings. The number of ether oxygens (including phenoxy) is 2. The van der Waals surface area contributed by atoms with E-state index >= 15 is 0 Å². The van der Waals surface area contributed by atoms with Crippen molar-refractivity contribution in [2.45, 2.75) is 6.16 Å². The Morgan fingerprint density at radius 3 is 1.44 bits per heavy atom. The second-order valence-corrected chi connectivity index (χ2v) is 14.8. The zero-order chi connectivity index (χ0) is 30.6. The molecule has 0 saturated carbocycles. The van der Waals surface area contributed by atoms with E-state index in [1.165, 1.54) is 15.9 Å². The summed E-state index contributed by atoms with van der Waals surface area (Å²) in [5, 5.41) is 12.8. The molecule has 0 atom stereocenters. The van der Waals surface area contributed by atoms with Crippen molar-refractivity contribution in [1.82, 2.24) is 15.3 Å². The van der Waals surface area contributed by atoms with Gasteiger partial charge in [-0.15, -0.1) is 0 Å². The topological polar surface area (TPSA) is 70.3 Å². The van der Waals surface area contributed by atoms with Crippen LogP contribution in [0, 0.1) is 0 Å². The van der Waals surface area contributed by atoms with Crippen LogP contribution in [-0.2, 0) is 6.16 Å². The Labute approximate surface area is 262 Å². The average Bonchev–Trinajstić information content (AvgIpc) is 3.61. The first-order valence-corrected chi connectivity index (χ1v) is 17.0. The molecule has 45 heavy (non-hydrogen) atoms. The van der Waals surface area contributed by atoms with Crippen molar-refractivity contribution in [3.05, 3.63) is 145 Å². The van der Waals surface area contributed by atoms with Crippen LogP contribution < -0.4 is 25.4 Å². The number of hydrogen-bond acceptors (Lipinski definition) is 6. The molecule has 7 aromatic rings. The third-order valence-corrected chi connectivity index (χ3v) is 13.3. The van der Waals surface area contributed by atoms with Crippen molar-refractivity contribution >= 4 is 34.2 Å². The summed E-state index contributed by atoms with van der Waals surface area (Å²) < 4.78 is 16.4. The Bertz CT molecular complexity index is 1930. The van der Waals surface area contributed by atoms with Crippen LogP contribution in [0.5, 0.6) is 11.5 Å². The zero-order valence-corrected chi connectivity index (χ0v) is 26.1. The van der Waals surface area contributed by atoms with Gasteiger partial charge in [0.25, 0.3) is 0 Å². The first kappa shape index (κ1) is 28.5. The van der Waals surface area contributed by atoms with Gasteiger partial charge in [-0.2, -0.15) is 0 Å². The van der Waals surface area contributed by atoms with Gasteiger partial charge < -0.3 is 0 Å². The van der Waals surface area contributed by atoms with Crippen LogP contribution in [0.1, 0.15) is 5.69 Å². The number of aromatic nitrogens is 3. The number of rotatable bonds is 9. The third-order valence-electron chi connectivity index (χ3n) is 8.46. The molecule has 6 nitrogen and oxygen atoms in total. The number of fused-ring (bicyclic) bond motifs is 1. The van der Waals surface area contributed by atoms with Crippen LogP contribution in [0.2, 0.25) is 0 Å². The van der Waals surface area contributed by atoms with Crippen molar-refractivity contribution in [2.75, 3.05) is 14.2 Å². The quantitative estimate of drug-likeness (QED) is 0.161. The van der Waals surface area contributed by atoms with E-state index in [-0.39, 0.29) is 0 Å². The maximum absolute atomic E-state index is 5.49. The Kier molecular flexibility index (Phi) is 7.81. The number of methoxy groups -OCH3 is 2.